The Kier molecular flexibility index (Phi) is 6.58. The highest BCUT2D eigenvalue weighted by Crippen LogP contribution is 2.31. The minimum atomic E-state index is -3.86. The molecule has 0 radical (unpaired) electrons. The van der Waals surface area contributed by atoms with Gasteiger partial charge in [0, 0.05) is 7.05 Å². The fraction of sp³-hybridized carbons (Fsp3) is 0.136. The highest BCUT2D eigenvalue weighted by Gasteiger charge is 2.18. The quantitative estimate of drug-likeness (QED) is 0.572. The first-order valence-corrected chi connectivity index (χ1v) is 10.7. The Morgan fingerprint density at radius 3 is 2.17 bits per heavy atom. The number of sulfonamides is 1. The van der Waals surface area contributed by atoms with Crippen molar-refractivity contribution in [2.24, 2.45) is 0 Å². The normalized spacial score (nSPS) is 11.9. The molecule has 0 fully saturated rings. The fourth-order valence-corrected chi connectivity index (χ4v) is 3.69. The summed E-state index contributed by atoms with van der Waals surface area (Å²) < 4.78 is 39.5. The molecule has 0 aliphatic carbocycles. The van der Waals surface area contributed by atoms with Crippen LogP contribution in [0.5, 0.6) is 17.2 Å². The summed E-state index contributed by atoms with van der Waals surface area (Å²) in [5.41, 5.74) is 0.315. The molecule has 8 heteroatoms. The summed E-state index contributed by atoms with van der Waals surface area (Å²) in [5.74, 6) is 1.09. The summed E-state index contributed by atoms with van der Waals surface area (Å²) in [6, 6.07) is 21.7. The van der Waals surface area contributed by atoms with Gasteiger partial charge in [0.05, 0.1) is 10.6 Å². The lowest BCUT2D eigenvalue weighted by molar-refractivity contribution is -0.126. The van der Waals surface area contributed by atoms with Crippen molar-refractivity contribution in [3.63, 3.8) is 0 Å². The molecule has 2 N–H and O–H groups in total. The molecular weight excluding hydrogens is 404 g/mol. The number of likely N-dealkylation sites (N-methyl/N-ethyl adjacent to an activating group) is 1. The Labute approximate surface area is 175 Å². The van der Waals surface area contributed by atoms with Gasteiger partial charge in [0.25, 0.3) is 15.9 Å². The average molecular weight is 426 g/mol. The average Bonchev–Trinajstić information content (AvgIpc) is 2.75. The van der Waals surface area contributed by atoms with Crippen LogP contribution in [0.3, 0.4) is 0 Å². The van der Waals surface area contributed by atoms with Crippen molar-refractivity contribution < 1.29 is 22.7 Å². The maximum atomic E-state index is 12.8. The molecule has 3 aromatic carbocycles. The second-order valence-corrected chi connectivity index (χ2v) is 8.04. The number of hydrogen-bond acceptors (Lipinski definition) is 5. The van der Waals surface area contributed by atoms with Crippen LogP contribution in [-0.4, -0.2) is 27.5 Å². The molecule has 0 aromatic heterocycles. The second kappa shape index (κ2) is 9.32. The van der Waals surface area contributed by atoms with Gasteiger partial charge in [-0.3, -0.25) is 9.52 Å². The summed E-state index contributed by atoms with van der Waals surface area (Å²) in [4.78, 5) is 11.6. The van der Waals surface area contributed by atoms with Gasteiger partial charge < -0.3 is 14.8 Å². The molecule has 0 spiro atoms. The number of nitrogens with one attached hydrogen (secondary N) is 2. The monoisotopic (exact) mass is 426 g/mol. The Bertz CT molecular complexity index is 1100. The number of anilines is 1. The Hall–Kier alpha value is -3.52. The molecule has 0 aliphatic heterocycles. The number of hydrogen-bond donors (Lipinski definition) is 2. The number of carbonyl (C=O) groups is 1. The number of rotatable bonds is 8. The first-order valence-electron chi connectivity index (χ1n) is 9.22. The van der Waals surface area contributed by atoms with E-state index in [0.29, 0.717) is 22.9 Å². The SMILES string of the molecule is CNC(=O)[C@H](C)Oc1ccc(S(=O)(=O)Nc2ccccc2Oc2ccccc2)cc1. The number of ether oxygens (including phenoxy) is 2. The lowest BCUT2D eigenvalue weighted by atomic mass is 10.3. The van der Waals surface area contributed by atoms with Gasteiger partial charge in [-0.15, -0.1) is 0 Å². The van der Waals surface area contributed by atoms with Crippen molar-refractivity contribution in [1.29, 1.82) is 0 Å². The van der Waals surface area contributed by atoms with Crippen LogP contribution in [0, 0.1) is 0 Å². The zero-order valence-corrected chi connectivity index (χ0v) is 17.3. The predicted molar refractivity (Wildman–Crippen MR) is 114 cm³/mol. The lowest BCUT2D eigenvalue weighted by Crippen LogP contribution is -2.33. The van der Waals surface area contributed by atoms with Crippen molar-refractivity contribution >= 4 is 21.6 Å². The highest BCUT2D eigenvalue weighted by molar-refractivity contribution is 7.92. The minimum absolute atomic E-state index is 0.0527. The summed E-state index contributed by atoms with van der Waals surface area (Å²) in [6.45, 7) is 1.61. The van der Waals surface area contributed by atoms with Gasteiger partial charge in [0.2, 0.25) is 0 Å². The maximum Gasteiger partial charge on any atom is 0.262 e. The summed E-state index contributed by atoms with van der Waals surface area (Å²) in [7, 11) is -2.34. The summed E-state index contributed by atoms with van der Waals surface area (Å²) in [6.07, 6.45) is -0.697. The van der Waals surface area contributed by atoms with Crippen LogP contribution >= 0.6 is 0 Å². The van der Waals surface area contributed by atoms with E-state index in [1.165, 1.54) is 31.3 Å². The van der Waals surface area contributed by atoms with Gasteiger partial charge in [-0.2, -0.15) is 0 Å². The van der Waals surface area contributed by atoms with E-state index in [1.807, 2.05) is 18.2 Å². The van der Waals surface area contributed by atoms with Crippen molar-refractivity contribution in [3.05, 3.63) is 78.9 Å². The summed E-state index contributed by atoms with van der Waals surface area (Å²) >= 11 is 0. The molecule has 1 amide bonds. The first-order chi connectivity index (χ1) is 14.4. The molecule has 1 atom stereocenters. The molecular formula is C22H22N2O5S. The largest absolute Gasteiger partial charge is 0.481 e. The van der Waals surface area contributed by atoms with Gasteiger partial charge >= 0.3 is 0 Å². The minimum Gasteiger partial charge on any atom is -0.481 e. The number of para-hydroxylation sites is 3. The summed E-state index contributed by atoms with van der Waals surface area (Å²) in [5, 5.41) is 2.49. The van der Waals surface area contributed by atoms with Crippen LogP contribution in [0.1, 0.15) is 6.92 Å². The van der Waals surface area contributed by atoms with E-state index < -0.39 is 16.1 Å². The molecule has 3 aromatic rings. The smallest absolute Gasteiger partial charge is 0.262 e. The molecule has 0 unspecified atom stereocenters. The fourth-order valence-electron chi connectivity index (χ4n) is 2.62. The van der Waals surface area contributed by atoms with Gasteiger partial charge in [0.15, 0.2) is 11.9 Å². The highest BCUT2D eigenvalue weighted by atomic mass is 32.2. The van der Waals surface area contributed by atoms with Crippen LogP contribution in [0.25, 0.3) is 0 Å². The van der Waals surface area contributed by atoms with Crippen molar-refractivity contribution in [2.75, 3.05) is 11.8 Å². The van der Waals surface area contributed by atoms with E-state index in [9.17, 15) is 13.2 Å². The predicted octanol–water partition coefficient (Wildman–Crippen LogP) is 3.79. The lowest BCUT2D eigenvalue weighted by Gasteiger charge is -2.15. The van der Waals surface area contributed by atoms with E-state index >= 15 is 0 Å². The molecule has 0 saturated heterocycles. The molecule has 0 bridgehead atoms. The van der Waals surface area contributed by atoms with Gasteiger partial charge in [-0.25, -0.2) is 8.42 Å². The standard InChI is InChI=1S/C22H22N2O5S/c1-16(22(25)23-2)28-18-12-14-19(15-13-18)30(26,27)24-20-10-6-7-11-21(20)29-17-8-4-3-5-9-17/h3-16,24H,1-2H3,(H,23,25)/t16-/m0/s1. The number of carbonyl (C=O) groups excluding carboxylic acids is 1. The molecule has 156 valence electrons. The maximum absolute atomic E-state index is 12.8. The number of benzene rings is 3. The molecule has 0 aliphatic rings. The Balaban J connectivity index is 1.76. The van der Waals surface area contributed by atoms with E-state index in [-0.39, 0.29) is 10.8 Å². The molecule has 7 nitrogen and oxygen atoms in total. The van der Waals surface area contributed by atoms with Gasteiger partial charge in [0.1, 0.15) is 11.5 Å². The van der Waals surface area contributed by atoms with E-state index in [4.69, 9.17) is 9.47 Å². The zero-order chi connectivity index (χ0) is 21.6. The Morgan fingerprint density at radius 2 is 1.50 bits per heavy atom. The third kappa shape index (κ3) is 5.30. The van der Waals surface area contributed by atoms with Gasteiger partial charge in [-0.1, -0.05) is 30.3 Å². The van der Waals surface area contributed by atoms with E-state index in [2.05, 4.69) is 10.0 Å². The van der Waals surface area contributed by atoms with Crippen molar-refractivity contribution in [1.82, 2.24) is 5.32 Å². The van der Waals surface area contributed by atoms with Crippen LogP contribution in [0.15, 0.2) is 83.8 Å². The molecule has 30 heavy (non-hydrogen) atoms. The van der Waals surface area contributed by atoms with E-state index in [1.54, 1.807) is 43.3 Å². The topological polar surface area (TPSA) is 93.7 Å². The molecule has 0 heterocycles. The molecule has 0 saturated carbocycles. The van der Waals surface area contributed by atoms with Gasteiger partial charge in [-0.05, 0) is 55.5 Å². The third-order valence-corrected chi connectivity index (χ3v) is 5.55. The van der Waals surface area contributed by atoms with Crippen molar-refractivity contribution in [3.8, 4) is 17.2 Å². The van der Waals surface area contributed by atoms with Crippen LogP contribution in [0.2, 0.25) is 0 Å². The zero-order valence-electron chi connectivity index (χ0n) is 16.5. The van der Waals surface area contributed by atoms with Crippen molar-refractivity contribution in [2.45, 2.75) is 17.9 Å². The second-order valence-electron chi connectivity index (χ2n) is 6.36. The molecule has 3 rings (SSSR count). The van der Waals surface area contributed by atoms with E-state index in [0.717, 1.165) is 0 Å². The van der Waals surface area contributed by atoms with Crippen LogP contribution in [0.4, 0.5) is 5.69 Å². The number of amides is 1. The van der Waals surface area contributed by atoms with Crippen LogP contribution in [-0.2, 0) is 14.8 Å². The third-order valence-electron chi connectivity index (χ3n) is 4.16. The van der Waals surface area contributed by atoms with Crippen LogP contribution < -0.4 is 19.5 Å². The first kappa shape index (κ1) is 21.2. The Morgan fingerprint density at radius 1 is 0.867 bits per heavy atom.